The fourth-order valence-electron chi connectivity index (χ4n) is 2.33. The highest BCUT2D eigenvalue weighted by Crippen LogP contribution is 2.20. The Bertz CT molecular complexity index is 607. The van der Waals surface area contributed by atoms with Gasteiger partial charge in [0.15, 0.2) is 9.84 Å². The number of sulfone groups is 1. The summed E-state index contributed by atoms with van der Waals surface area (Å²) in [4.78, 5) is 0.170. The van der Waals surface area contributed by atoms with Crippen LogP contribution in [0.1, 0.15) is 24.8 Å². The molecule has 0 radical (unpaired) electrons. The Hall–Kier alpha value is -1.42. The Balaban J connectivity index is 1.92. The minimum atomic E-state index is -3.41. The van der Waals surface area contributed by atoms with Crippen molar-refractivity contribution in [1.82, 2.24) is 0 Å². The first-order chi connectivity index (χ1) is 9.51. The van der Waals surface area contributed by atoms with Gasteiger partial charge in [-0.3, -0.25) is 0 Å². The molecule has 2 atom stereocenters. The number of nitrogens with two attached hydrogens (primary N) is 1. The lowest BCUT2D eigenvalue weighted by atomic mass is 10.2. The monoisotopic (exact) mass is 294 g/mol. The number of rotatable bonds is 5. The van der Waals surface area contributed by atoms with Crippen LogP contribution in [-0.4, -0.2) is 32.9 Å². The number of benzene rings is 1. The lowest BCUT2D eigenvalue weighted by Gasteiger charge is -2.11. The van der Waals surface area contributed by atoms with Gasteiger partial charge in [0.05, 0.1) is 35.0 Å². The molecule has 1 aliphatic rings. The number of ether oxygens (including phenoxy) is 1. The molecule has 0 aliphatic heterocycles. The lowest BCUT2D eigenvalue weighted by molar-refractivity contribution is 0.0688. The normalized spacial score (nSPS) is 22.6. The smallest absolute Gasteiger partial charge is 0.180 e. The van der Waals surface area contributed by atoms with Crippen LogP contribution in [0.5, 0.6) is 0 Å². The van der Waals surface area contributed by atoms with Gasteiger partial charge < -0.3 is 10.5 Å². The highest BCUT2D eigenvalue weighted by molar-refractivity contribution is 7.91. The summed E-state index contributed by atoms with van der Waals surface area (Å²) in [6.07, 6.45) is 2.70. The third-order valence-electron chi connectivity index (χ3n) is 3.45. The zero-order valence-electron chi connectivity index (χ0n) is 11.2. The van der Waals surface area contributed by atoms with Crippen molar-refractivity contribution in [1.29, 1.82) is 5.26 Å². The standard InChI is InChI=1S/C14H18N2O3S/c15-10-11-2-1-3-14(8-11)20(17,18)7-6-19-13-5-4-12(16)9-13/h1-3,8,12-13H,4-7,9,16H2. The van der Waals surface area contributed by atoms with Crippen LogP contribution in [0.2, 0.25) is 0 Å². The molecular formula is C14H18N2O3S. The third-order valence-corrected chi connectivity index (χ3v) is 5.13. The maximum Gasteiger partial charge on any atom is 0.180 e. The van der Waals surface area contributed by atoms with E-state index in [2.05, 4.69) is 0 Å². The Labute approximate surface area is 119 Å². The molecule has 6 heteroatoms. The molecule has 1 aromatic carbocycles. The van der Waals surface area contributed by atoms with Gasteiger partial charge >= 0.3 is 0 Å². The van der Waals surface area contributed by atoms with Gasteiger partial charge in [-0.05, 0) is 37.5 Å². The van der Waals surface area contributed by atoms with Gasteiger partial charge in [-0.15, -0.1) is 0 Å². The van der Waals surface area contributed by atoms with Crippen molar-refractivity contribution in [3.05, 3.63) is 29.8 Å². The lowest BCUT2D eigenvalue weighted by Crippen LogP contribution is -2.20. The summed E-state index contributed by atoms with van der Waals surface area (Å²) in [7, 11) is -3.41. The van der Waals surface area contributed by atoms with Crippen LogP contribution in [0.3, 0.4) is 0 Å². The molecule has 5 nitrogen and oxygen atoms in total. The molecule has 0 spiro atoms. The zero-order valence-corrected chi connectivity index (χ0v) is 12.0. The van der Waals surface area contributed by atoms with E-state index in [0.29, 0.717) is 5.56 Å². The summed E-state index contributed by atoms with van der Waals surface area (Å²) < 4.78 is 29.8. The second-order valence-electron chi connectivity index (χ2n) is 5.02. The summed E-state index contributed by atoms with van der Waals surface area (Å²) >= 11 is 0. The van der Waals surface area contributed by atoms with E-state index in [1.807, 2.05) is 6.07 Å². The van der Waals surface area contributed by atoms with E-state index in [1.165, 1.54) is 12.1 Å². The van der Waals surface area contributed by atoms with Gasteiger partial charge in [-0.2, -0.15) is 5.26 Å². The molecular weight excluding hydrogens is 276 g/mol. The predicted molar refractivity (Wildman–Crippen MR) is 74.8 cm³/mol. The van der Waals surface area contributed by atoms with Gasteiger partial charge in [0.1, 0.15) is 0 Å². The zero-order chi connectivity index (χ0) is 14.6. The van der Waals surface area contributed by atoms with E-state index >= 15 is 0 Å². The Morgan fingerprint density at radius 3 is 2.85 bits per heavy atom. The van der Waals surface area contributed by atoms with Crippen LogP contribution < -0.4 is 5.73 Å². The Kier molecular flexibility index (Phi) is 4.76. The maximum absolute atomic E-state index is 12.1. The second-order valence-corrected chi connectivity index (χ2v) is 7.13. The molecule has 108 valence electrons. The summed E-state index contributed by atoms with van der Waals surface area (Å²) in [5.74, 6) is -0.0758. The minimum absolute atomic E-state index is 0.0747. The van der Waals surface area contributed by atoms with Gasteiger partial charge in [-0.1, -0.05) is 6.07 Å². The molecule has 0 amide bonds. The van der Waals surface area contributed by atoms with E-state index in [9.17, 15) is 8.42 Å². The molecule has 2 unspecified atom stereocenters. The Morgan fingerprint density at radius 1 is 1.40 bits per heavy atom. The SMILES string of the molecule is N#Cc1cccc(S(=O)(=O)CCOC2CCC(N)C2)c1. The van der Waals surface area contributed by atoms with E-state index < -0.39 is 9.84 Å². The van der Waals surface area contributed by atoms with Crippen molar-refractivity contribution in [2.45, 2.75) is 36.3 Å². The van der Waals surface area contributed by atoms with E-state index in [-0.39, 0.29) is 29.4 Å². The first-order valence-electron chi connectivity index (χ1n) is 6.61. The van der Waals surface area contributed by atoms with E-state index in [0.717, 1.165) is 19.3 Å². The molecule has 1 saturated carbocycles. The average Bonchev–Trinajstić information content (AvgIpc) is 2.84. The molecule has 0 heterocycles. The predicted octanol–water partition coefficient (Wildman–Crippen LogP) is 1.23. The van der Waals surface area contributed by atoms with Gasteiger partial charge in [0.2, 0.25) is 0 Å². The van der Waals surface area contributed by atoms with Crippen LogP contribution in [0.4, 0.5) is 0 Å². The van der Waals surface area contributed by atoms with Gasteiger partial charge in [0, 0.05) is 6.04 Å². The topological polar surface area (TPSA) is 93.2 Å². The fraction of sp³-hybridized carbons (Fsp3) is 0.500. The van der Waals surface area contributed by atoms with Crippen molar-refractivity contribution in [2.24, 2.45) is 5.73 Å². The maximum atomic E-state index is 12.1. The number of hydrogen-bond acceptors (Lipinski definition) is 5. The van der Waals surface area contributed by atoms with Crippen LogP contribution in [0.25, 0.3) is 0 Å². The molecule has 0 aromatic heterocycles. The van der Waals surface area contributed by atoms with Crippen molar-refractivity contribution >= 4 is 9.84 Å². The van der Waals surface area contributed by atoms with Crippen molar-refractivity contribution in [3.63, 3.8) is 0 Å². The molecule has 1 aliphatic carbocycles. The quantitative estimate of drug-likeness (QED) is 0.881. The Morgan fingerprint density at radius 2 is 2.20 bits per heavy atom. The van der Waals surface area contributed by atoms with Gasteiger partial charge in [-0.25, -0.2) is 8.42 Å². The van der Waals surface area contributed by atoms with Crippen molar-refractivity contribution < 1.29 is 13.2 Å². The van der Waals surface area contributed by atoms with E-state index in [1.54, 1.807) is 12.1 Å². The average molecular weight is 294 g/mol. The van der Waals surface area contributed by atoms with E-state index in [4.69, 9.17) is 15.7 Å². The van der Waals surface area contributed by atoms with Gasteiger partial charge in [0.25, 0.3) is 0 Å². The second kappa shape index (κ2) is 6.35. The molecule has 0 bridgehead atoms. The molecule has 2 N–H and O–H groups in total. The van der Waals surface area contributed by atoms with Crippen LogP contribution in [0, 0.1) is 11.3 Å². The van der Waals surface area contributed by atoms with Crippen LogP contribution in [-0.2, 0) is 14.6 Å². The largest absolute Gasteiger partial charge is 0.377 e. The summed E-state index contributed by atoms with van der Waals surface area (Å²) in [6, 6.07) is 8.15. The summed E-state index contributed by atoms with van der Waals surface area (Å²) in [5, 5.41) is 8.79. The number of hydrogen-bond donors (Lipinski definition) is 1. The first kappa shape index (κ1) is 15.0. The van der Waals surface area contributed by atoms with Crippen molar-refractivity contribution in [3.8, 4) is 6.07 Å². The highest BCUT2D eigenvalue weighted by Gasteiger charge is 2.23. The molecule has 1 aromatic rings. The minimum Gasteiger partial charge on any atom is -0.377 e. The van der Waals surface area contributed by atoms with Crippen LogP contribution in [0.15, 0.2) is 29.2 Å². The number of nitriles is 1. The first-order valence-corrected chi connectivity index (χ1v) is 8.26. The molecule has 0 saturated heterocycles. The highest BCUT2D eigenvalue weighted by atomic mass is 32.2. The molecule has 1 fully saturated rings. The van der Waals surface area contributed by atoms with Crippen molar-refractivity contribution in [2.75, 3.05) is 12.4 Å². The molecule has 2 rings (SSSR count). The third kappa shape index (κ3) is 3.79. The molecule has 20 heavy (non-hydrogen) atoms. The fourth-order valence-corrected chi connectivity index (χ4v) is 3.47. The summed E-state index contributed by atoms with van der Waals surface area (Å²) in [5.41, 5.74) is 6.12. The number of nitrogens with zero attached hydrogens (tertiary/aromatic N) is 1. The summed E-state index contributed by atoms with van der Waals surface area (Å²) in [6.45, 7) is 0.163. The van der Waals surface area contributed by atoms with Crippen LogP contribution >= 0.6 is 0 Å².